The van der Waals surface area contributed by atoms with E-state index in [4.69, 9.17) is 0 Å². The highest BCUT2D eigenvalue weighted by atomic mass is 79.9. The van der Waals surface area contributed by atoms with E-state index in [1.807, 2.05) is 0 Å². The minimum atomic E-state index is 0.483. The first-order chi connectivity index (χ1) is 8.49. The highest BCUT2D eigenvalue weighted by molar-refractivity contribution is 9.10. The Balaban J connectivity index is 2.33. The molecule has 0 heterocycles. The van der Waals surface area contributed by atoms with E-state index in [2.05, 4.69) is 72.5 Å². The van der Waals surface area contributed by atoms with Crippen LogP contribution >= 0.6 is 15.9 Å². The highest BCUT2D eigenvalue weighted by Gasteiger charge is 2.04. The van der Waals surface area contributed by atoms with Gasteiger partial charge in [-0.15, -0.1) is 0 Å². The van der Waals surface area contributed by atoms with E-state index >= 15 is 0 Å². The molecular weight excluding hydrogens is 288 g/mol. The van der Waals surface area contributed by atoms with Crippen LogP contribution in [0.2, 0.25) is 0 Å². The summed E-state index contributed by atoms with van der Waals surface area (Å²) >= 11 is 3.60. The van der Waals surface area contributed by atoms with Crippen molar-refractivity contribution in [2.75, 3.05) is 13.1 Å². The molecule has 0 aliphatic heterocycles. The highest BCUT2D eigenvalue weighted by Crippen LogP contribution is 2.17. The maximum Gasteiger partial charge on any atom is 0.0220 e. The van der Waals surface area contributed by atoms with E-state index < -0.39 is 0 Å². The number of hydrogen-bond acceptors (Lipinski definition) is 2. The van der Waals surface area contributed by atoms with Crippen LogP contribution in [0.25, 0.3) is 0 Å². The smallest absolute Gasteiger partial charge is 0.0220 e. The summed E-state index contributed by atoms with van der Waals surface area (Å²) in [6, 6.07) is 6.96. The molecule has 1 aromatic rings. The molecule has 3 heteroatoms. The maximum absolute atomic E-state index is 3.60. The van der Waals surface area contributed by atoms with Crippen molar-refractivity contribution >= 4 is 15.9 Å². The molecule has 0 aromatic heterocycles. The molecule has 102 valence electrons. The third kappa shape index (κ3) is 5.98. The number of aryl methyl sites for hydroxylation is 1. The molecule has 0 spiro atoms. The van der Waals surface area contributed by atoms with Crippen molar-refractivity contribution in [3.63, 3.8) is 0 Å². The Labute approximate surface area is 120 Å². The fraction of sp³-hybridized carbons (Fsp3) is 0.600. The Morgan fingerprint density at radius 2 is 1.89 bits per heavy atom. The Hall–Kier alpha value is -0.380. The van der Waals surface area contributed by atoms with Crippen LogP contribution in [-0.2, 0) is 6.54 Å². The Morgan fingerprint density at radius 3 is 2.56 bits per heavy atom. The van der Waals surface area contributed by atoms with E-state index in [1.165, 1.54) is 15.6 Å². The SMILES string of the molecule is Cc1ccc(Br)c(CNC(C)CNCC(C)C)c1. The molecule has 0 aliphatic carbocycles. The van der Waals surface area contributed by atoms with E-state index in [0.717, 1.165) is 19.6 Å². The molecule has 0 saturated heterocycles. The van der Waals surface area contributed by atoms with Crippen LogP contribution in [0.4, 0.5) is 0 Å². The minimum absolute atomic E-state index is 0.483. The standard InChI is InChI=1S/C15H25BrN2/c1-11(2)8-17-9-13(4)18-10-14-7-12(3)5-6-15(14)16/h5-7,11,13,17-18H,8-10H2,1-4H3. The summed E-state index contributed by atoms with van der Waals surface area (Å²) in [5.74, 6) is 0.711. The summed E-state index contributed by atoms with van der Waals surface area (Å²) in [6.07, 6.45) is 0. The first-order valence-corrected chi connectivity index (χ1v) is 7.47. The first kappa shape index (κ1) is 15.7. The topological polar surface area (TPSA) is 24.1 Å². The van der Waals surface area contributed by atoms with Crippen molar-refractivity contribution in [3.8, 4) is 0 Å². The van der Waals surface area contributed by atoms with Crippen molar-refractivity contribution in [1.29, 1.82) is 0 Å². The zero-order valence-electron chi connectivity index (χ0n) is 11.9. The van der Waals surface area contributed by atoms with Crippen LogP contribution in [0.15, 0.2) is 22.7 Å². The number of nitrogens with one attached hydrogen (secondary N) is 2. The van der Waals surface area contributed by atoms with Crippen molar-refractivity contribution in [3.05, 3.63) is 33.8 Å². The zero-order chi connectivity index (χ0) is 13.5. The molecule has 0 amide bonds. The molecule has 2 N–H and O–H groups in total. The van der Waals surface area contributed by atoms with Crippen molar-refractivity contribution in [2.24, 2.45) is 5.92 Å². The van der Waals surface area contributed by atoms with Crippen LogP contribution in [0.1, 0.15) is 31.9 Å². The lowest BCUT2D eigenvalue weighted by molar-refractivity contribution is 0.472. The summed E-state index contributed by atoms with van der Waals surface area (Å²) in [7, 11) is 0. The van der Waals surface area contributed by atoms with Gasteiger partial charge in [0.1, 0.15) is 0 Å². The molecule has 1 unspecified atom stereocenters. The second-order valence-corrected chi connectivity index (χ2v) is 6.28. The second-order valence-electron chi connectivity index (χ2n) is 5.43. The van der Waals surface area contributed by atoms with Gasteiger partial charge in [0, 0.05) is 23.6 Å². The summed E-state index contributed by atoms with van der Waals surface area (Å²) in [5, 5.41) is 7.02. The van der Waals surface area contributed by atoms with Gasteiger partial charge in [0.25, 0.3) is 0 Å². The van der Waals surface area contributed by atoms with Crippen molar-refractivity contribution in [2.45, 2.75) is 40.3 Å². The predicted octanol–water partition coefficient (Wildman–Crippen LogP) is 3.48. The summed E-state index contributed by atoms with van der Waals surface area (Å²) in [5.41, 5.74) is 2.63. The van der Waals surface area contributed by atoms with Crippen LogP contribution in [-0.4, -0.2) is 19.1 Å². The average Bonchev–Trinajstić information content (AvgIpc) is 2.30. The third-order valence-electron chi connectivity index (χ3n) is 2.85. The molecule has 1 rings (SSSR count). The average molecular weight is 313 g/mol. The normalized spacial score (nSPS) is 13.0. The largest absolute Gasteiger partial charge is 0.315 e. The van der Waals surface area contributed by atoms with Gasteiger partial charge >= 0.3 is 0 Å². The molecule has 1 aromatic carbocycles. The Kier molecular flexibility index (Phi) is 6.90. The number of hydrogen-bond donors (Lipinski definition) is 2. The van der Waals surface area contributed by atoms with Gasteiger partial charge in [-0.1, -0.05) is 47.5 Å². The van der Waals surface area contributed by atoms with Gasteiger partial charge in [0.2, 0.25) is 0 Å². The number of benzene rings is 1. The minimum Gasteiger partial charge on any atom is -0.315 e. The number of rotatable bonds is 7. The van der Waals surface area contributed by atoms with E-state index in [-0.39, 0.29) is 0 Å². The first-order valence-electron chi connectivity index (χ1n) is 6.68. The Bertz CT molecular complexity index is 364. The van der Waals surface area contributed by atoms with Crippen molar-refractivity contribution < 1.29 is 0 Å². The second kappa shape index (κ2) is 7.93. The van der Waals surface area contributed by atoms with Crippen LogP contribution in [0.5, 0.6) is 0 Å². The van der Waals surface area contributed by atoms with Gasteiger partial charge in [0.05, 0.1) is 0 Å². The van der Waals surface area contributed by atoms with Gasteiger partial charge in [-0.25, -0.2) is 0 Å². The lowest BCUT2D eigenvalue weighted by Gasteiger charge is -2.16. The van der Waals surface area contributed by atoms with Crippen LogP contribution in [0, 0.1) is 12.8 Å². The lowest BCUT2D eigenvalue weighted by atomic mass is 10.1. The third-order valence-corrected chi connectivity index (χ3v) is 3.62. The fourth-order valence-corrected chi connectivity index (χ4v) is 2.17. The fourth-order valence-electron chi connectivity index (χ4n) is 1.78. The van der Waals surface area contributed by atoms with E-state index in [1.54, 1.807) is 0 Å². The molecule has 0 saturated carbocycles. The predicted molar refractivity (Wildman–Crippen MR) is 82.9 cm³/mol. The quantitative estimate of drug-likeness (QED) is 0.805. The molecule has 0 aliphatic rings. The summed E-state index contributed by atoms with van der Waals surface area (Å²) < 4.78 is 1.18. The Morgan fingerprint density at radius 1 is 1.17 bits per heavy atom. The van der Waals surface area contributed by atoms with E-state index in [9.17, 15) is 0 Å². The van der Waals surface area contributed by atoms with Gasteiger partial charge < -0.3 is 10.6 Å². The van der Waals surface area contributed by atoms with Gasteiger partial charge in [-0.3, -0.25) is 0 Å². The molecule has 0 radical (unpaired) electrons. The molecular formula is C15H25BrN2. The summed E-state index contributed by atoms with van der Waals surface area (Å²) in [4.78, 5) is 0. The van der Waals surface area contributed by atoms with Crippen LogP contribution < -0.4 is 10.6 Å². The van der Waals surface area contributed by atoms with Gasteiger partial charge in [0.15, 0.2) is 0 Å². The molecule has 18 heavy (non-hydrogen) atoms. The lowest BCUT2D eigenvalue weighted by Crippen LogP contribution is -2.37. The maximum atomic E-state index is 3.60. The van der Waals surface area contributed by atoms with Crippen molar-refractivity contribution in [1.82, 2.24) is 10.6 Å². The van der Waals surface area contributed by atoms with Crippen LogP contribution in [0.3, 0.4) is 0 Å². The zero-order valence-corrected chi connectivity index (χ0v) is 13.5. The molecule has 1 atom stereocenters. The molecule has 2 nitrogen and oxygen atoms in total. The van der Waals surface area contributed by atoms with Gasteiger partial charge in [-0.05, 0) is 37.9 Å². The summed E-state index contributed by atoms with van der Waals surface area (Å²) in [6.45, 7) is 11.8. The van der Waals surface area contributed by atoms with E-state index in [0.29, 0.717) is 12.0 Å². The number of halogens is 1. The monoisotopic (exact) mass is 312 g/mol. The van der Waals surface area contributed by atoms with Gasteiger partial charge in [-0.2, -0.15) is 0 Å². The molecule has 0 fully saturated rings. The molecule has 0 bridgehead atoms.